The molecule has 0 aromatic carbocycles. The van der Waals surface area contributed by atoms with Gasteiger partial charge in [0.1, 0.15) is 5.65 Å². The van der Waals surface area contributed by atoms with E-state index in [0.29, 0.717) is 24.4 Å². The first-order valence-electron chi connectivity index (χ1n) is 9.08. The van der Waals surface area contributed by atoms with E-state index in [4.69, 9.17) is 5.73 Å². The molecule has 2 aliphatic rings. The Balaban J connectivity index is 0.00000121. The number of halogens is 2. The summed E-state index contributed by atoms with van der Waals surface area (Å²) < 4.78 is 2.06. The zero-order valence-corrected chi connectivity index (χ0v) is 16.7. The topological polar surface area (TPSA) is 72.4 Å². The lowest BCUT2D eigenvalue weighted by atomic mass is 9.65. The van der Waals surface area contributed by atoms with Crippen molar-refractivity contribution in [2.24, 2.45) is 23.5 Å². The van der Waals surface area contributed by atoms with Gasteiger partial charge in [-0.15, -0.1) is 24.8 Å². The van der Waals surface area contributed by atoms with Gasteiger partial charge in [-0.25, -0.2) is 4.98 Å². The zero-order chi connectivity index (χ0) is 16.7. The molecular weight excluding hydrogens is 371 g/mol. The molecule has 26 heavy (non-hydrogen) atoms. The lowest BCUT2D eigenvalue weighted by molar-refractivity contribution is -0.128. The van der Waals surface area contributed by atoms with Gasteiger partial charge in [-0.05, 0) is 56.6 Å². The molecule has 0 spiro atoms. The number of fused-ring (bicyclic) bond motifs is 3. The van der Waals surface area contributed by atoms with E-state index in [9.17, 15) is 4.79 Å². The van der Waals surface area contributed by atoms with Crippen LogP contribution >= 0.6 is 24.8 Å². The smallest absolute Gasteiger partial charge is 0.223 e. The second-order valence-corrected chi connectivity index (χ2v) is 7.54. The Morgan fingerprint density at radius 2 is 1.96 bits per heavy atom. The molecule has 1 amide bonds. The highest BCUT2D eigenvalue weighted by atomic mass is 35.5. The van der Waals surface area contributed by atoms with Gasteiger partial charge in [0.2, 0.25) is 5.91 Å². The summed E-state index contributed by atoms with van der Waals surface area (Å²) in [5.74, 6) is 1.36. The molecule has 0 saturated heterocycles. The number of hydrogen-bond donors (Lipinski definition) is 2. The molecule has 2 saturated carbocycles. The molecule has 4 rings (SSSR count). The number of amides is 1. The van der Waals surface area contributed by atoms with Crippen LogP contribution in [0.5, 0.6) is 0 Å². The van der Waals surface area contributed by atoms with Gasteiger partial charge in [0, 0.05) is 23.9 Å². The van der Waals surface area contributed by atoms with Crippen LogP contribution in [0.15, 0.2) is 24.4 Å². The van der Waals surface area contributed by atoms with Gasteiger partial charge in [0.15, 0.2) is 0 Å². The highest BCUT2D eigenvalue weighted by Gasteiger charge is 2.40. The van der Waals surface area contributed by atoms with Crippen LogP contribution < -0.4 is 11.1 Å². The standard InChI is InChI=1S/C19H26N4O.2ClH/c1-12-4-2-7-17-22-16(11-23(12)17)10-21-19(24)15-8-13-5-3-6-14(9-15)18(13)20;;/h2,4,7,11,13-15,18H,3,5-6,8-10,20H2,1H3,(H,21,24);2*1H. The second-order valence-electron chi connectivity index (χ2n) is 7.54. The van der Waals surface area contributed by atoms with Crippen molar-refractivity contribution < 1.29 is 4.79 Å². The number of imidazole rings is 1. The maximum atomic E-state index is 12.6. The third kappa shape index (κ3) is 4.00. The molecule has 2 heterocycles. The molecule has 2 aromatic heterocycles. The van der Waals surface area contributed by atoms with E-state index in [1.807, 2.05) is 18.3 Å². The number of pyridine rings is 1. The van der Waals surface area contributed by atoms with Crippen molar-refractivity contribution in [1.29, 1.82) is 0 Å². The summed E-state index contributed by atoms with van der Waals surface area (Å²) >= 11 is 0. The SMILES string of the molecule is Cc1cccc2nc(CNC(=O)C3CC4CCCC(C3)C4N)cn12.Cl.Cl. The summed E-state index contributed by atoms with van der Waals surface area (Å²) in [5, 5.41) is 3.10. The van der Waals surface area contributed by atoms with Gasteiger partial charge >= 0.3 is 0 Å². The highest BCUT2D eigenvalue weighted by molar-refractivity contribution is 5.85. The summed E-state index contributed by atoms with van der Waals surface area (Å²) in [7, 11) is 0. The Labute approximate surface area is 166 Å². The zero-order valence-electron chi connectivity index (χ0n) is 15.1. The Morgan fingerprint density at radius 3 is 2.62 bits per heavy atom. The largest absolute Gasteiger partial charge is 0.350 e. The van der Waals surface area contributed by atoms with E-state index >= 15 is 0 Å². The molecule has 2 unspecified atom stereocenters. The first-order valence-corrected chi connectivity index (χ1v) is 9.08. The van der Waals surface area contributed by atoms with Crippen molar-refractivity contribution in [3.63, 3.8) is 0 Å². The average molecular weight is 399 g/mol. The molecule has 144 valence electrons. The minimum absolute atomic E-state index is 0. The van der Waals surface area contributed by atoms with E-state index in [0.717, 1.165) is 29.9 Å². The van der Waals surface area contributed by atoms with Crippen LogP contribution in [0.3, 0.4) is 0 Å². The molecule has 2 fully saturated rings. The normalized spacial score (nSPS) is 27.3. The Hall–Kier alpha value is -1.30. The van der Waals surface area contributed by atoms with E-state index in [1.54, 1.807) is 0 Å². The van der Waals surface area contributed by atoms with Gasteiger partial charge in [0.25, 0.3) is 0 Å². The molecule has 2 aromatic rings. The number of carbonyl (C=O) groups is 1. The molecule has 7 heteroatoms. The van der Waals surface area contributed by atoms with E-state index < -0.39 is 0 Å². The monoisotopic (exact) mass is 398 g/mol. The number of nitrogens with two attached hydrogens (primary N) is 1. The maximum absolute atomic E-state index is 12.6. The van der Waals surface area contributed by atoms with Crippen LogP contribution in [0.1, 0.15) is 43.5 Å². The highest BCUT2D eigenvalue weighted by Crippen LogP contribution is 2.41. The molecular formula is C19H28Cl2N4O. The molecule has 2 bridgehead atoms. The number of rotatable bonds is 3. The van der Waals surface area contributed by atoms with E-state index in [1.165, 1.54) is 19.3 Å². The number of aromatic nitrogens is 2. The van der Waals surface area contributed by atoms with Gasteiger partial charge < -0.3 is 15.5 Å². The van der Waals surface area contributed by atoms with Gasteiger partial charge in [0.05, 0.1) is 12.2 Å². The third-order valence-electron chi connectivity index (χ3n) is 5.97. The van der Waals surface area contributed by atoms with Crippen LogP contribution in [-0.4, -0.2) is 21.3 Å². The van der Waals surface area contributed by atoms with E-state index in [-0.39, 0.29) is 36.6 Å². The fraction of sp³-hybridized carbons (Fsp3) is 0.579. The van der Waals surface area contributed by atoms with Crippen LogP contribution in [0.2, 0.25) is 0 Å². The minimum atomic E-state index is 0. The molecule has 2 atom stereocenters. The summed E-state index contributed by atoms with van der Waals surface area (Å²) in [6, 6.07) is 6.36. The van der Waals surface area contributed by atoms with Crippen LogP contribution in [0.4, 0.5) is 0 Å². The predicted octanol–water partition coefficient (Wildman–Crippen LogP) is 3.26. The molecule has 5 nitrogen and oxygen atoms in total. The Morgan fingerprint density at radius 1 is 1.27 bits per heavy atom. The number of nitrogens with one attached hydrogen (secondary N) is 1. The third-order valence-corrected chi connectivity index (χ3v) is 5.97. The van der Waals surface area contributed by atoms with Crippen molar-refractivity contribution in [3.8, 4) is 0 Å². The van der Waals surface area contributed by atoms with E-state index in [2.05, 4.69) is 27.7 Å². The number of nitrogens with zero attached hydrogens (tertiary/aromatic N) is 2. The van der Waals surface area contributed by atoms with Crippen LogP contribution in [-0.2, 0) is 11.3 Å². The Kier molecular flexibility index (Phi) is 6.94. The van der Waals surface area contributed by atoms with Crippen molar-refractivity contribution in [2.45, 2.75) is 51.6 Å². The second kappa shape index (κ2) is 8.59. The van der Waals surface area contributed by atoms with Gasteiger partial charge in [-0.2, -0.15) is 0 Å². The lowest BCUT2D eigenvalue weighted by Gasteiger charge is -2.43. The summed E-state index contributed by atoms with van der Waals surface area (Å²) in [6.45, 7) is 2.55. The quantitative estimate of drug-likeness (QED) is 0.832. The minimum Gasteiger partial charge on any atom is -0.350 e. The molecule has 0 aliphatic heterocycles. The predicted molar refractivity (Wildman–Crippen MR) is 108 cm³/mol. The maximum Gasteiger partial charge on any atom is 0.223 e. The van der Waals surface area contributed by atoms with Crippen LogP contribution in [0, 0.1) is 24.7 Å². The summed E-state index contributed by atoms with van der Waals surface area (Å²) in [4.78, 5) is 17.2. The fourth-order valence-corrected chi connectivity index (χ4v) is 4.61. The first-order chi connectivity index (χ1) is 11.6. The van der Waals surface area contributed by atoms with Crippen molar-refractivity contribution in [1.82, 2.24) is 14.7 Å². The first kappa shape index (κ1) is 21.0. The van der Waals surface area contributed by atoms with Crippen molar-refractivity contribution >= 4 is 36.4 Å². The van der Waals surface area contributed by atoms with Gasteiger partial charge in [-0.3, -0.25) is 4.79 Å². The molecule has 0 radical (unpaired) electrons. The number of carbonyl (C=O) groups excluding carboxylic acids is 1. The van der Waals surface area contributed by atoms with Crippen molar-refractivity contribution in [2.75, 3.05) is 0 Å². The molecule has 3 N–H and O–H groups in total. The average Bonchev–Trinajstić information content (AvgIpc) is 2.97. The number of aryl methyl sites for hydroxylation is 1. The Bertz CT molecular complexity index is 749. The van der Waals surface area contributed by atoms with Crippen LogP contribution in [0.25, 0.3) is 5.65 Å². The number of hydrogen-bond acceptors (Lipinski definition) is 3. The van der Waals surface area contributed by atoms with Gasteiger partial charge in [-0.1, -0.05) is 12.5 Å². The summed E-state index contributed by atoms with van der Waals surface area (Å²) in [6.07, 6.45) is 7.57. The lowest BCUT2D eigenvalue weighted by Crippen LogP contribution is -2.49. The fourth-order valence-electron chi connectivity index (χ4n) is 4.61. The van der Waals surface area contributed by atoms with Crippen molar-refractivity contribution in [3.05, 3.63) is 35.8 Å². The molecule has 2 aliphatic carbocycles. The summed E-state index contributed by atoms with van der Waals surface area (Å²) in [5.41, 5.74) is 9.31.